The number of unbranched alkanes of at least 4 members (excludes halogenated alkanes) is 1. The van der Waals surface area contributed by atoms with Gasteiger partial charge in [0.25, 0.3) is 0 Å². The Hall–Kier alpha value is -2.01. The van der Waals surface area contributed by atoms with E-state index in [1.54, 1.807) is 24.3 Å². The van der Waals surface area contributed by atoms with Gasteiger partial charge >= 0.3 is 30.6 Å². The summed E-state index contributed by atoms with van der Waals surface area (Å²) in [5.41, 5.74) is -1.21. The Bertz CT molecular complexity index is 923. The molecule has 0 amide bonds. The number of halogens is 11. The third-order valence-corrected chi connectivity index (χ3v) is 7.22. The average Bonchev–Trinajstić information content (AvgIpc) is 2.91. The predicted molar refractivity (Wildman–Crippen MR) is 155 cm³/mol. The van der Waals surface area contributed by atoms with E-state index < -0.39 is 67.8 Å². The highest BCUT2D eigenvalue weighted by molar-refractivity contribution is 4.98. The molecule has 0 rings (SSSR count). The molecule has 0 aromatic rings. The molecule has 5 nitrogen and oxygen atoms in total. The van der Waals surface area contributed by atoms with E-state index in [4.69, 9.17) is 0 Å². The Morgan fingerprint density at radius 2 is 1.02 bits per heavy atom. The second-order valence-electron chi connectivity index (χ2n) is 11.4. The van der Waals surface area contributed by atoms with E-state index in [1.165, 1.54) is 6.92 Å². The molecular formula is C31H46F11NO4. The Morgan fingerprint density at radius 3 is 1.51 bits per heavy atom. The SMILES string of the molecule is C=CCC(CC=C)(CCCCOCC(F)(F)OC(F)(F)C(F)(F)F)CCC(CC=C)(CC=C)CNCC(F)(F)OC(F)(F)COCC. The summed E-state index contributed by atoms with van der Waals surface area (Å²) in [7, 11) is 0. The van der Waals surface area contributed by atoms with Crippen LogP contribution in [0.3, 0.4) is 0 Å². The minimum Gasteiger partial charge on any atom is -0.373 e. The number of hydrogen-bond donors (Lipinski definition) is 1. The Kier molecular flexibility index (Phi) is 19.0. The largest absolute Gasteiger partial charge is 0.483 e. The summed E-state index contributed by atoms with van der Waals surface area (Å²) in [6.07, 6.45) is -15.7. The molecule has 0 aromatic heterocycles. The molecule has 0 bridgehead atoms. The highest BCUT2D eigenvalue weighted by Gasteiger charge is 2.63. The van der Waals surface area contributed by atoms with Crippen LogP contribution in [-0.2, 0) is 18.9 Å². The molecule has 0 aromatic carbocycles. The van der Waals surface area contributed by atoms with Crippen LogP contribution in [0.4, 0.5) is 48.3 Å². The zero-order valence-corrected chi connectivity index (χ0v) is 26.5. The van der Waals surface area contributed by atoms with Crippen LogP contribution in [0.1, 0.15) is 64.7 Å². The van der Waals surface area contributed by atoms with Crippen LogP contribution in [0.25, 0.3) is 0 Å². The minimum atomic E-state index is -6.33. The van der Waals surface area contributed by atoms with Crippen molar-refractivity contribution in [1.82, 2.24) is 5.32 Å². The molecule has 0 aliphatic heterocycles. The highest BCUT2D eigenvalue weighted by atomic mass is 19.4. The van der Waals surface area contributed by atoms with Crippen LogP contribution in [0, 0.1) is 10.8 Å². The third kappa shape index (κ3) is 17.8. The van der Waals surface area contributed by atoms with Crippen molar-refractivity contribution >= 4 is 0 Å². The van der Waals surface area contributed by atoms with Crippen LogP contribution < -0.4 is 5.32 Å². The first kappa shape index (κ1) is 45.0. The summed E-state index contributed by atoms with van der Waals surface area (Å²) < 4.78 is 161. The molecule has 0 fully saturated rings. The van der Waals surface area contributed by atoms with E-state index in [0.29, 0.717) is 51.4 Å². The van der Waals surface area contributed by atoms with Crippen molar-refractivity contribution in [3.8, 4) is 0 Å². The Morgan fingerprint density at radius 1 is 0.553 bits per heavy atom. The summed E-state index contributed by atoms with van der Waals surface area (Å²) in [5.74, 6) is 0. The van der Waals surface area contributed by atoms with Gasteiger partial charge < -0.3 is 14.8 Å². The van der Waals surface area contributed by atoms with Gasteiger partial charge in [0.15, 0.2) is 0 Å². The molecule has 0 aliphatic rings. The van der Waals surface area contributed by atoms with Gasteiger partial charge in [-0.3, -0.25) is 4.74 Å². The minimum absolute atomic E-state index is 0.0449. The first-order valence-electron chi connectivity index (χ1n) is 14.9. The van der Waals surface area contributed by atoms with Crippen LogP contribution in [0.15, 0.2) is 50.6 Å². The fourth-order valence-electron chi connectivity index (χ4n) is 5.04. The van der Waals surface area contributed by atoms with Gasteiger partial charge in [-0.05, 0) is 69.1 Å². The summed E-state index contributed by atoms with van der Waals surface area (Å²) in [6, 6.07) is 0. The van der Waals surface area contributed by atoms with Gasteiger partial charge in [0, 0.05) is 19.8 Å². The topological polar surface area (TPSA) is 49.0 Å². The first-order chi connectivity index (χ1) is 21.6. The van der Waals surface area contributed by atoms with E-state index in [2.05, 4.69) is 50.6 Å². The van der Waals surface area contributed by atoms with Crippen molar-refractivity contribution in [3.05, 3.63) is 50.6 Å². The average molecular weight is 706 g/mol. The van der Waals surface area contributed by atoms with Crippen molar-refractivity contribution in [3.63, 3.8) is 0 Å². The van der Waals surface area contributed by atoms with Gasteiger partial charge in [-0.2, -0.15) is 48.3 Å². The Balaban J connectivity index is 5.43. The lowest BCUT2D eigenvalue weighted by molar-refractivity contribution is -0.460. The lowest BCUT2D eigenvalue weighted by Crippen LogP contribution is -2.46. The number of alkyl halides is 11. The zero-order valence-electron chi connectivity index (χ0n) is 26.5. The normalized spacial score (nSPS) is 13.9. The van der Waals surface area contributed by atoms with E-state index >= 15 is 0 Å². The first-order valence-corrected chi connectivity index (χ1v) is 14.9. The van der Waals surface area contributed by atoms with E-state index in [1.807, 2.05) is 0 Å². The number of allylic oxidation sites excluding steroid dienone is 4. The van der Waals surface area contributed by atoms with Gasteiger partial charge in [-0.1, -0.05) is 30.7 Å². The van der Waals surface area contributed by atoms with Crippen molar-refractivity contribution in [2.24, 2.45) is 10.8 Å². The van der Waals surface area contributed by atoms with E-state index in [0.717, 1.165) is 0 Å². The second-order valence-corrected chi connectivity index (χ2v) is 11.4. The molecule has 16 heteroatoms. The van der Waals surface area contributed by atoms with Crippen LogP contribution in [0.5, 0.6) is 0 Å². The molecule has 0 saturated heterocycles. The third-order valence-electron chi connectivity index (χ3n) is 7.22. The Labute approximate surface area is 269 Å². The molecule has 47 heavy (non-hydrogen) atoms. The van der Waals surface area contributed by atoms with E-state index in [-0.39, 0.29) is 19.6 Å². The van der Waals surface area contributed by atoms with Crippen molar-refractivity contribution in [2.75, 3.05) is 39.5 Å². The number of hydrogen-bond acceptors (Lipinski definition) is 5. The van der Waals surface area contributed by atoms with Crippen molar-refractivity contribution in [1.29, 1.82) is 0 Å². The summed E-state index contributed by atoms with van der Waals surface area (Å²) in [5, 5.41) is 2.53. The molecule has 0 unspecified atom stereocenters. The van der Waals surface area contributed by atoms with Gasteiger partial charge in [0.05, 0.1) is 6.54 Å². The number of nitrogens with one attached hydrogen (secondary N) is 1. The fourth-order valence-corrected chi connectivity index (χ4v) is 5.04. The fraction of sp³-hybridized carbons (Fsp3) is 0.742. The van der Waals surface area contributed by atoms with Gasteiger partial charge in [-0.25, -0.2) is 4.74 Å². The van der Waals surface area contributed by atoms with E-state index in [9.17, 15) is 48.3 Å². The standard InChI is InChI=1S/C31H46F11NO4/c1-6-13-25(14-7-2,17-11-12-20-45-24-29(36,37)47-31(41,42)30(38,39)40)18-19-26(15-8-3,16-9-4)21-43-22-27(32,33)46-28(34,35)23-44-10-5/h6-9,43H,1-4,10-24H2,5H3. The molecule has 276 valence electrons. The van der Waals surface area contributed by atoms with Gasteiger partial charge in [-0.15, -0.1) is 26.3 Å². The maximum atomic E-state index is 14.3. The molecule has 1 N–H and O–H groups in total. The number of ether oxygens (including phenoxy) is 4. The molecular weight excluding hydrogens is 659 g/mol. The summed E-state index contributed by atoms with van der Waals surface area (Å²) in [6.45, 7) is 11.6. The predicted octanol–water partition coefficient (Wildman–Crippen LogP) is 9.82. The van der Waals surface area contributed by atoms with Crippen LogP contribution in [0.2, 0.25) is 0 Å². The smallest absolute Gasteiger partial charge is 0.373 e. The molecule has 0 atom stereocenters. The molecule has 0 aliphatic carbocycles. The lowest BCUT2D eigenvalue weighted by Gasteiger charge is -2.39. The number of rotatable bonds is 29. The quantitative estimate of drug-likeness (QED) is 0.0477. The maximum Gasteiger partial charge on any atom is 0.483 e. The molecule has 0 radical (unpaired) electrons. The molecule has 0 spiro atoms. The highest BCUT2D eigenvalue weighted by Crippen LogP contribution is 2.44. The van der Waals surface area contributed by atoms with Crippen molar-refractivity contribution < 1.29 is 67.2 Å². The maximum absolute atomic E-state index is 14.3. The monoisotopic (exact) mass is 705 g/mol. The van der Waals surface area contributed by atoms with Crippen LogP contribution in [-0.4, -0.2) is 70.1 Å². The summed E-state index contributed by atoms with van der Waals surface area (Å²) >= 11 is 0. The van der Waals surface area contributed by atoms with Crippen molar-refractivity contribution in [2.45, 2.75) is 95.3 Å². The molecule has 0 saturated carbocycles. The molecule has 0 heterocycles. The second kappa shape index (κ2) is 19.9. The zero-order chi connectivity index (χ0) is 36.5. The summed E-state index contributed by atoms with van der Waals surface area (Å²) in [4.78, 5) is 0. The van der Waals surface area contributed by atoms with Gasteiger partial charge in [0.2, 0.25) is 0 Å². The van der Waals surface area contributed by atoms with Gasteiger partial charge in [0.1, 0.15) is 13.2 Å². The lowest BCUT2D eigenvalue weighted by atomic mass is 9.67. The van der Waals surface area contributed by atoms with Crippen LogP contribution >= 0.6 is 0 Å².